The number of nitrogens with zero attached hydrogens (tertiary/aromatic N) is 1. The normalized spacial score (nSPS) is 13.4. The number of hydrogen-bond acceptors (Lipinski definition) is 5. The second-order valence-corrected chi connectivity index (χ2v) is 3.40. The molecule has 0 unspecified atom stereocenters. The zero-order valence-corrected chi connectivity index (χ0v) is 8.51. The molecule has 6 nitrogen and oxygen atoms in total. The van der Waals surface area contributed by atoms with Gasteiger partial charge in [-0.05, 0) is 11.6 Å². The van der Waals surface area contributed by atoms with Crippen molar-refractivity contribution in [3.05, 3.63) is 33.9 Å². The van der Waals surface area contributed by atoms with Gasteiger partial charge in [0, 0.05) is 6.07 Å². The zero-order valence-electron chi connectivity index (χ0n) is 8.51. The Labute approximate surface area is 94.4 Å². The second-order valence-electron chi connectivity index (χ2n) is 3.40. The Balaban J connectivity index is 3.16. The molecule has 0 amide bonds. The number of nitrogens with two attached hydrogens (primary N) is 1. The average Bonchev–Trinajstić information content (AvgIpc) is 2.28. The average molecular weight is 248 g/mol. The molecule has 1 aromatic carbocycles. The fourth-order valence-corrected chi connectivity index (χ4v) is 1.22. The number of benzene rings is 1. The zero-order chi connectivity index (χ0) is 13.2. The molecule has 0 spiro atoms. The summed E-state index contributed by atoms with van der Waals surface area (Å²) in [5.74, 6) is -4.23. The summed E-state index contributed by atoms with van der Waals surface area (Å²) in [5, 5.41) is 28.1. The van der Waals surface area contributed by atoms with Crippen LogP contribution in [0.25, 0.3) is 0 Å². The molecule has 1 rings (SSSR count). The highest BCUT2D eigenvalue weighted by Gasteiger charge is 2.38. The van der Waals surface area contributed by atoms with E-state index in [9.17, 15) is 18.9 Å². The number of rotatable bonds is 4. The third kappa shape index (κ3) is 2.66. The van der Waals surface area contributed by atoms with Crippen LogP contribution in [0.3, 0.4) is 0 Å². The first-order chi connectivity index (χ1) is 7.79. The maximum atomic E-state index is 13.1. The molecule has 1 atom stereocenters. The van der Waals surface area contributed by atoms with Gasteiger partial charge < -0.3 is 15.9 Å². The summed E-state index contributed by atoms with van der Waals surface area (Å²) < 4.78 is 26.1. The lowest BCUT2D eigenvalue weighted by molar-refractivity contribution is -0.386. The molecule has 0 saturated carbocycles. The van der Waals surface area contributed by atoms with Crippen LogP contribution in [-0.4, -0.2) is 27.7 Å². The van der Waals surface area contributed by atoms with Gasteiger partial charge in [-0.15, -0.1) is 0 Å². The van der Waals surface area contributed by atoms with Crippen LogP contribution in [0.15, 0.2) is 18.2 Å². The number of aromatic hydroxyl groups is 1. The van der Waals surface area contributed by atoms with Crippen molar-refractivity contribution in [3.63, 3.8) is 0 Å². The summed E-state index contributed by atoms with van der Waals surface area (Å²) in [4.78, 5) is 9.57. The van der Waals surface area contributed by atoms with Crippen LogP contribution >= 0.6 is 0 Å². The Hall–Kier alpha value is -1.80. The largest absolute Gasteiger partial charge is 0.502 e. The Morgan fingerprint density at radius 3 is 2.59 bits per heavy atom. The predicted octanol–water partition coefficient (Wildman–Crippen LogP) is 0.928. The number of hydrogen-bond donors (Lipinski definition) is 3. The first-order valence-electron chi connectivity index (χ1n) is 4.51. The molecular formula is C9H10F2N2O4. The molecule has 0 saturated heterocycles. The SMILES string of the molecule is N[C@H](c1ccc(O)c([N+](=O)[O-])c1)C(F)(F)CO. The Morgan fingerprint density at radius 1 is 1.53 bits per heavy atom. The molecule has 0 radical (unpaired) electrons. The second kappa shape index (κ2) is 4.60. The van der Waals surface area contributed by atoms with Crippen molar-refractivity contribution >= 4 is 5.69 Å². The quantitative estimate of drug-likeness (QED) is 0.542. The van der Waals surface area contributed by atoms with Gasteiger partial charge in [0.25, 0.3) is 5.92 Å². The first-order valence-corrected chi connectivity index (χ1v) is 4.51. The fourth-order valence-electron chi connectivity index (χ4n) is 1.22. The van der Waals surface area contributed by atoms with E-state index >= 15 is 0 Å². The lowest BCUT2D eigenvalue weighted by atomic mass is 10.0. The summed E-state index contributed by atoms with van der Waals surface area (Å²) in [6, 6.07) is 0.813. The third-order valence-electron chi connectivity index (χ3n) is 2.22. The molecule has 0 aliphatic heterocycles. The third-order valence-corrected chi connectivity index (χ3v) is 2.22. The molecular weight excluding hydrogens is 238 g/mol. The molecule has 4 N–H and O–H groups in total. The lowest BCUT2D eigenvalue weighted by Crippen LogP contribution is -2.36. The standard InChI is InChI=1S/C9H10F2N2O4/c10-9(11,4-14)8(12)5-1-2-7(15)6(3-5)13(16)17/h1-3,8,14-15H,4,12H2/t8-/m1/s1. The molecule has 0 heterocycles. The van der Waals surface area contributed by atoms with Crippen molar-refractivity contribution in [3.8, 4) is 5.75 Å². The number of aliphatic hydroxyl groups excluding tert-OH is 1. The van der Waals surface area contributed by atoms with E-state index in [1.165, 1.54) is 0 Å². The summed E-state index contributed by atoms with van der Waals surface area (Å²) >= 11 is 0. The highest BCUT2D eigenvalue weighted by Crippen LogP contribution is 2.33. The summed E-state index contributed by atoms with van der Waals surface area (Å²) in [5.41, 5.74) is 4.23. The molecule has 0 aliphatic carbocycles. The van der Waals surface area contributed by atoms with E-state index in [1.807, 2.05) is 0 Å². The number of phenolic OH excluding ortho intramolecular Hbond substituents is 1. The highest BCUT2D eigenvalue weighted by atomic mass is 19.3. The van der Waals surface area contributed by atoms with Gasteiger partial charge in [0.05, 0.1) is 11.0 Å². The van der Waals surface area contributed by atoms with E-state index in [0.717, 1.165) is 18.2 Å². The van der Waals surface area contributed by atoms with Crippen LogP contribution in [0.5, 0.6) is 5.75 Å². The topological polar surface area (TPSA) is 110 Å². The van der Waals surface area contributed by atoms with Gasteiger partial charge in [-0.25, -0.2) is 8.78 Å². The number of halogens is 2. The van der Waals surface area contributed by atoms with Crippen LogP contribution in [0.2, 0.25) is 0 Å². The minimum Gasteiger partial charge on any atom is -0.502 e. The van der Waals surface area contributed by atoms with Gasteiger partial charge in [0.2, 0.25) is 0 Å². The van der Waals surface area contributed by atoms with Crippen molar-refractivity contribution < 1.29 is 23.9 Å². The number of alkyl halides is 2. The van der Waals surface area contributed by atoms with Crippen molar-refractivity contribution in [1.29, 1.82) is 0 Å². The van der Waals surface area contributed by atoms with Crippen LogP contribution in [0.1, 0.15) is 11.6 Å². The molecule has 17 heavy (non-hydrogen) atoms. The van der Waals surface area contributed by atoms with Crippen molar-refractivity contribution in [2.24, 2.45) is 5.73 Å². The molecule has 0 fully saturated rings. The molecule has 1 aromatic rings. The smallest absolute Gasteiger partial charge is 0.311 e. The van der Waals surface area contributed by atoms with Crippen LogP contribution in [0, 0.1) is 10.1 Å². The van der Waals surface area contributed by atoms with E-state index in [4.69, 9.17) is 15.9 Å². The van der Waals surface area contributed by atoms with E-state index in [2.05, 4.69) is 0 Å². The van der Waals surface area contributed by atoms with Gasteiger partial charge in [0.15, 0.2) is 5.75 Å². The lowest BCUT2D eigenvalue weighted by Gasteiger charge is -2.21. The van der Waals surface area contributed by atoms with E-state index in [0.29, 0.717) is 0 Å². The van der Waals surface area contributed by atoms with Crippen molar-refractivity contribution in [2.45, 2.75) is 12.0 Å². The summed E-state index contributed by atoms with van der Waals surface area (Å²) in [7, 11) is 0. The summed E-state index contributed by atoms with van der Waals surface area (Å²) in [6.45, 7) is -1.47. The van der Waals surface area contributed by atoms with E-state index in [-0.39, 0.29) is 5.56 Å². The number of aliphatic hydroxyl groups is 1. The van der Waals surface area contributed by atoms with Gasteiger partial charge in [-0.3, -0.25) is 10.1 Å². The van der Waals surface area contributed by atoms with E-state index < -0.39 is 34.9 Å². The fraction of sp³-hybridized carbons (Fsp3) is 0.333. The Morgan fingerprint density at radius 2 is 2.12 bits per heavy atom. The molecule has 0 aromatic heterocycles. The van der Waals surface area contributed by atoms with Gasteiger partial charge in [0.1, 0.15) is 6.61 Å². The predicted molar refractivity (Wildman–Crippen MR) is 53.7 cm³/mol. The number of nitro benzene ring substituents is 1. The monoisotopic (exact) mass is 248 g/mol. The molecule has 0 aliphatic rings. The highest BCUT2D eigenvalue weighted by molar-refractivity contribution is 5.48. The Kier molecular flexibility index (Phi) is 3.59. The van der Waals surface area contributed by atoms with E-state index in [1.54, 1.807) is 0 Å². The van der Waals surface area contributed by atoms with Crippen LogP contribution < -0.4 is 5.73 Å². The molecule has 94 valence electrons. The van der Waals surface area contributed by atoms with Gasteiger partial charge in [-0.2, -0.15) is 0 Å². The first kappa shape index (κ1) is 13.3. The summed E-state index contributed by atoms with van der Waals surface area (Å²) in [6.07, 6.45) is 0. The van der Waals surface area contributed by atoms with Crippen molar-refractivity contribution in [1.82, 2.24) is 0 Å². The van der Waals surface area contributed by atoms with Crippen LogP contribution in [-0.2, 0) is 0 Å². The van der Waals surface area contributed by atoms with Gasteiger partial charge in [-0.1, -0.05) is 6.07 Å². The minimum atomic E-state index is -3.59. The molecule has 0 bridgehead atoms. The maximum absolute atomic E-state index is 13.1. The number of nitro groups is 1. The van der Waals surface area contributed by atoms with Crippen molar-refractivity contribution in [2.75, 3.05) is 6.61 Å². The number of phenols is 1. The minimum absolute atomic E-state index is 0.242. The molecule has 8 heteroatoms. The van der Waals surface area contributed by atoms with Gasteiger partial charge >= 0.3 is 5.69 Å². The maximum Gasteiger partial charge on any atom is 0.311 e. The Bertz CT molecular complexity index is 439. The van der Waals surface area contributed by atoms with Crippen LogP contribution in [0.4, 0.5) is 14.5 Å².